The van der Waals surface area contributed by atoms with Crippen molar-refractivity contribution in [2.45, 2.75) is 110 Å². The van der Waals surface area contributed by atoms with Gasteiger partial charge in [0.15, 0.2) is 0 Å². The van der Waals surface area contributed by atoms with Crippen LogP contribution in [0.15, 0.2) is 0 Å². The van der Waals surface area contributed by atoms with Crippen molar-refractivity contribution in [1.29, 1.82) is 5.26 Å². The van der Waals surface area contributed by atoms with Crippen molar-refractivity contribution in [3.05, 3.63) is 0 Å². The standard InChI is InChI=1S/C24H41N/c1-3-5-6-7-8-19-9-12-22-20(16-19)10-11-21-17-24(18-25,14-4-2)15-13-23(21)22/h19-23H,3-17H2,1-2H3/t19-,20?,21?,22?,23?,24+/m0/s1. The van der Waals surface area contributed by atoms with Crippen molar-refractivity contribution in [2.75, 3.05) is 0 Å². The summed E-state index contributed by atoms with van der Waals surface area (Å²) in [6, 6.07) is 2.76. The van der Waals surface area contributed by atoms with Gasteiger partial charge in [-0.15, -0.1) is 0 Å². The minimum absolute atomic E-state index is 0.0409. The van der Waals surface area contributed by atoms with E-state index in [1.54, 1.807) is 6.42 Å². The average molecular weight is 344 g/mol. The lowest BCUT2D eigenvalue weighted by Gasteiger charge is -2.52. The first-order valence-electron chi connectivity index (χ1n) is 11.6. The lowest BCUT2D eigenvalue weighted by atomic mass is 9.52. The second kappa shape index (κ2) is 8.92. The molecule has 0 bridgehead atoms. The molecule has 3 aliphatic carbocycles. The van der Waals surface area contributed by atoms with Gasteiger partial charge in [0.25, 0.3) is 0 Å². The molecule has 3 aliphatic rings. The number of hydrogen-bond donors (Lipinski definition) is 0. The van der Waals surface area contributed by atoms with Gasteiger partial charge >= 0.3 is 0 Å². The van der Waals surface area contributed by atoms with Crippen LogP contribution in [0.3, 0.4) is 0 Å². The Bertz CT molecular complexity index is 450. The molecule has 0 aromatic heterocycles. The van der Waals surface area contributed by atoms with Crippen molar-refractivity contribution >= 4 is 0 Å². The lowest BCUT2D eigenvalue weighted by molar-refractivity contribution is -0.0178. The van der Waals surface area contributed by atoms with Crippen LogP contribution in [0.25, 0.3) is 0 Å². The molecular formula is C24H41N. The summed E-state index contributed by atoms with van der Waals surface area (Å²) in [7, 11) is 0. The van der Waals surface area contributed by atoms with Gasteiger partial charge in [-0.25, -0.2) is 0 Å². The van der Waals surface area contributed by atoms with E-state index < -0.39 is 0 Å². The van der Waals surface area contributed by atoms with Crippen LogP contribution >= 0.6 is 0 Å². The monoisotopic (exact) mass is 343 g/mol. The number of fused-ring (bicyclic) bond motifs is 3. The molecule has 6 atom stereocenters. The molecule has 0 aliphatic heterocycles. The minimum Gasteiger partial charge on any atom is -0.198 e. The van der Waals surface area contributed by atoms with E-state index in [2.05, 4.69) is 19.9 Å². The van der Waals surface area contributed by atoms with Crippen LogP contribution in [0.2, 0.25) is 0 Å². The van der Waals surface area contributed by atoms with E-state index in [0.29, 0.717) is 0 Å². The van der Waals surface area contributed by atoms with Crippen molar-refractivity contribution < 1.29 is 0 Å². The molecule has 142 valence electrons. The molecule has 0 amide bonds. The molecule has 0 N–H and O–H groups in total. The topological polar surface area (TPSA) is 23.8 Å². The number of hydrogen-bond acceptors (Lipinski definition) is 1. The van der Waals surface area contributed by atoms with Gasteiger partial charge < -0.3 is 0 Å². The van der Waals surface area contributed by atoms with Crippen LogP contribution < -0.4 is 0 Å². The van der Waals surface area contributed by atoms with E-state index in [1.165, 1.54) is 83.5 Å². The molecule has 3 rings (SSSR count). The van der Waals surface area contributed by atoms with Gasteiger partial charge in [-0.05, 0) is 81.0 Å². The fraction of sp³-hybridized carbons (Fsp3) is 0.958. The Morgan fingerprint density at radius 3 is 2.44 bits per heavy atom. The van der Waals surface area contributed by atoms with Gasteiger partial charge in [0, 0.05) is 0 Å². The summed E-state index contributed by atoms with van der Waals surface area (Å²) >= 11 is 0. The third kappa shape index (κ3) is 4.43. The maximum atomic E-state index is 9.80. The van der Waals surface area contributed by atoms with Crippen molar-refractivity contribution in [3.63, 3.8) is 0 Å². The van der Waals surface area contributed by atoms with Gasteiger partial charge in [0.1, 0.15) is 0 Å². The molecule has 0 spiro atoms. The van der Waals surface area contributed by atoms with Crippen LogP contribution in [-0.2, 0) is 0 Å². The van der Waals surface area contributed by atoms with E-state index in [1.807, 2.05) is 0 Å². The van der Waals surface area contributed by atoms with Crippen molar-refractivity contribution in [2.24, 2.45) is 35.0 Å². The molecular weight excluding hydrogens is 302 g/mol. The summed E-state index contributed by atoms with van der Waals surface area (Å²) in [6.07, 6.45) is 20.8. The third-order valence-corrected chi connectivity index (χ3v) is 8.25. The fourth-order valence-electron chi connectivity index (χ4n) is 7.01. The molecule has 0 saturated heterocycles. The largest absolute Gasteiger partial charge is 0.198 e. The van der Waals surface area contributed by atoms with E-state index in [0.717, 1.165) is 36.0 Å². The Morgan fingerprint density at radius 1 is 0.880 bits per heavy atom. The smallest absolute Gasteiger partial charge is 0.0689 e. The number of nitrogens with zero attached hydrogens (tertiary/aromatic N) is 1. The predicted molar refractivity (Wildman–Crippen MR) is 106 cm³/mol. The highest BCUT2D eigenvalue weighted by molar-refractivity contribution is 5.06. The Hall–Kier alpha value is -0.510. The summed E-state index contributed by atoms with van der Waals surface area (Å²) in [6.45, 7) is 4.57. The molecule has 3 fully saturated rings. The Labute approximate surface area is 157 Å². The molecule has 0 aromatic carbocycles. The van der Waals surface area contributed by atoms with Crippen LogP contribution in [0.5, 0.6) is 0 Å². The molecule has 4 unspecified atom stereocenters. The van der Waals surface area contributed by atoms with Crippen LogP contribution in [-0.4, -0.2) is 0 Å². The molecule has 0 heterocycles. The van der Waals surface area contributed by atoms with E-state index >= 15 is 0 Å². The van der Waals surface area contributed by atoms with E-state index in [4.69, 9.17) is 0 Å². The molecule has 25 heavy (non-hydrogen) atoms. The van der Waals surface area contributed by atoms with Crippen LogP contribution in [0, 0.1) is 46.3 Å². The maximum Gasteiger partial charge on any atom is 0.0689 e. The molecule has 0 aromatic rings. The summed E-state index contributed by atoms with van der Waals surface area (Å²) in [5.74, 6) is 4.94. The highest BCUT2D eigenvalue weighted by atomic mass is 14.5. The molecule has 1 heteroatoms. The van der Waals surface area contributed by atoms with E-state index in [9.17, 15) is 5.26 Å². The van der Waals surface area contributed by atoms with Crippen molar-refractivity contribution in [3.8, 4) is 6.07 Å². The highest BCUT2D eigenvalue weighted by Crippen LogP contribution is 2.57. The number of rotatable bonds is 7. The first-order valence-corrected chi connectivity index (χ1v) is 11.6. The van der Waals surface area contributed by atoms with Crippen LogP contribution in [0.4, 0.5) is 0 Å². The molecule has 0 radical (unpaired) electrons. The molecule has 3 saturated carbocycles. The summed E-state index contributed by atoms with van der Waals surface area (Å²) in [5, 5.41) is 9.80. The van der Waals surface area contributed by atoms with Gasteiger partial charge in [-0.3, -0.25) is 0 Å². The second-order valence-corrected chi connectivity index (χ2v) is 9.84. The Kier molecular flexibility index (Phi) is 6.87. The fourth-order valence-corrected chi connectivity index (χ4v) is 7.01. The summed E-state index contributed by atoms with van der Waals surface area (Å²) in [5.41, 5.74) is 0.0409. The third-order valence-electron chi connectivity index (χ3n) is 8.25. The molecule has 1 nitrogen and oxygen atoms in total. The van der Waals surface area contributed by atoms with Gasteiger partial charge in [0.05, 0.1) is 11.5 Å². The first-order chi connectivity index (χ1) is 12.2. The second-order valence-electron chi connectivity index (χ2n) is 9.84. The average Bonchev–Trinajstić information content (AvgIpc) is 2.65. The predicted octanol–water partition coefficient (Wildman–Crippen LogP) is 7.51. The minimum atomic E-state index is 0.0409. The zero-order valence-electron chi connectivity index (χ0n) is 16.9. The Morgan fingerprint density at radius 2 is 1.68 bits per heavy atom. The SMILES string of the molecule is CCCCCC[C@H]1CCC2C(CCC3C[C@@](C#N)(CCC)CCC32)C1. The lowest BCUT2D eigenvalue weighted by Crippen LogP contribution is -2.44. The summed E-state index contributed by atoms with van der Waals surface area (Å²) < 4.78 is 0. The number of nitriles is 1. The highest BCUT2D eigenvalue weighted by Gasteiger charge is 2.48. The van der Waals surface area contributed by atoms with Crippen LogP contribution in [0.1, 0.15) is 110 Å². The normalized spacial score (nSPS) is 40.8. The quantitative estimate of drug-likeness (QED) is 0.439. The van der Waals surface area contributed by atoms with E-state index in [-0.39, 0.29) is 5.41 Å². The number of unbranched alkanes of at least 4 members (excludes halogenated alkanes) is 3. The van der Waals surface area contributed by atoms with Gasteiger partial charge in [0.2, 0.25) is 0 Å². The zero-order chi connectivity index (χ0) is 17.7. The van der Waals surface area contributed by atoms with Gasteiger partial charge in [-0.1, -0.05) is 58.8 Å². The summed E-state index contributed by atoms with van der Waals surface area (Å²) in [4.78, 5) is 0. The Balaban J connectivity index is 1.52. The zero-order valence-corrected chi connectivity index (χ0v) is 16.9. The maximum absolute atomic E-state index is 9.80. The van der Waals surface area contributed by atoms with Crippen molar-refractivity contribution in [1.82, 2.24) is 0 Å². The van der Waals surface area contributed by atoms with Gasteiger partial charge in [-0.2, -0.15) is 5.26 Å². The first kappa shape index (κ1) is 19.3.